The van der Waals surface area contributed by atoms with Crippen molar-refractivity contribution in [2.24, 2.45) is 0 Å². The van der Waals surface area contributed by atoms with Crippen molar-refractivity contribution in [2.45, 2.75) is 335 Å². The molecule has 0 saturated heterocycles. The number of carbonyl (C=O) groups is 3. The van der Waals surface area contributed by atoms with Gasteiger partial charge < -0.3 is 14.2 Å². The molecule has 0 aromatic rings. The third-order valence-corrected chi connectivity index (χ3v) is 14.9. The Labute approximate surface area is 513 Å². The van der Waals surface area contributed by atoms with Crippen molar-refractivity contribution in [1.29, 1.82) is 0 Å². The third-order valence-electron chi connectivity index (χ3n) is 14.9. The molecule has 0 saturated carbocycles. The maximum Gasteiger partial charge on any atom is 0.306 e. The van der Waals surface area contributed by atoms with Crippen LogP contribution in [0.4, 0.5) is 0 Å². The zero-order valence-corrected chi connectivity index (χ0v) is 54.4. The lowest BCUT2D eigenvalue weighted by Gasteiger charge is -2.18. The molecule has 0 amide bonds. The number of hydrogen-bond acceptors (Lipinski definition) is 6. The van der Waals surface area contributed by atoms with E-state index in [0.29, 0.717) is 19.3 Å². The molecular weight excluding hydrogens is 1020 g/mol. The fourth-order valence-corrected chi connectivity index (χ4v) is 9.68. The van der Waals surface area contributed by atoms with Gasteiger partial charge in [-0.05, 0) is 135 Å². The molecule has 0 rings (SSSR count). The van der Waals surface area contributed by atoms with Crippen LogP contribution in [0.1, 0.15) is 329 Å². The highest BCUT2D eigenvalue weighted by molar-refractivity contribution is 5.71. The van der Waals surface area contributed by atoms with Gasteiger partial charge in [0.05, 0.1) is 0 Å². The summed E-state index contributed by atoms with van der Waals surface area (Å²) in [5.74, 6) is -0.903. The van der Waals surface area contributed by atoms with Crippen LogP contribution in [-0.2, 0) is 28.6 Å². The Kier molecular flexibility index (Phi) is 66.7. The number of hydrogen-bond donors (Lipinski definition) is 0. The Balaban J connectivity index is 4.29. The first kappa shape index (κ1) is 78.8. The van der Waals surface area contributed by atoms with Gasteiger partial charge in [-0.25, -0.2) is 0 Å². The number of allylic oxidation sites excluding steroid dienone is 20. The standard InChI is InChI=1S/C77H130O6/c1-4-7-10-13-16-19-22-25-28-31-32-33-34-35-36-37-38-39-40-41-42-43-44-45-46-47-50-52-55-58-61-64-67-70-76(79)82-73-74(83-77(80)71-68-65-62-59-56-53-49-30-27-24-21-18-15-12-9-6-3)72-81-75(78)69-66-63-60-57-54-51-48-29-26-23-20-17-14-11-8-5-2/h7,10,16,19,21,24-25,28-30,32-33,35-36,38-39,41-42,48-49,74H,4-6,8-9,11-15,17-18,20,22-23,26-27,31,34,37,40,43-47,50-73H2,1-3H3/b10-7-,19-16-,24-21-,28-25-,33-32-,36-35-,39-38-,42-41-,48-29-,49-30-. The molecule has 6 heteroatoms. The highest BCUT2D eigenvalue weighted by Crippen LogP contribution is 2.16. The number of ether oxygens (including phenoxy) is 3. The van der Waals surface area contributed by atoms with Crippen LogP contribution in [-0.4, -0.2) is 37.2 Å². The first-order valence-corrected chi connectivity index (χ1v) is 35.0. The van der Waals surface area contributed by atoms with Crippen LogP contribution >= 0.6 is 0 Å². The highest BCUT2D eigenvalue weighted by Gasteiger charge is 2.19. The van der Waals surface area contributed by atoms with Gasteiger partial charge in [-0.15, -0.1) is 0 Å². The molecule has 0 aliphatic carbocycles. The molecule has 0 bridgehead atoms. The smallest absolute Gasteiger partial charge is 0.306 e. The van der Waals surface area contributed by atoms with Crippen molar-refractivity contribution in [1.82, 2.24) is 0 Å². The average molecular weight is 1150 g/mol. The zero-order chi connectivity index (χ0) is 59.9. The van der Waals surface area contributed by atoms with Gasteiger partial charge in [0.1, 0.15) is 13.2 Å². The number of esters is 3. The molecule has 0 N–H and O–H groups in total. The van der Waals surface area contributed by atoms with E-state index >= 15 is 0 Å². The molecule has 0 fully saturated rings. The molecule has 0 radical (unpaired) electrons. The monoisotopic (exact) mass is 1150 g/mol. The Bertz CT molecular complexity index is 1700. The van der Waals surface area contributed by atoms with Crippen LogP contribution in [0, 0.1) is 0 Å². The Hall–Kier alpha value is -4.19. The highest BCUT2D eigenvalue weighted by atomic mass is 16.6. The maximum absolute atomic E-state index is 12.9. The molecule has 83 heavy (non-hydrogen) atoms. The van der Waals surface area contributed by atoms with E-state index in [1.165, 1.54) is 154 Å². The van der Waals surface area contributed by atoms with Crippen LogP contribution in [0.3, 0.4) is 0 Å². The van der Waals surface area contributed by atoms with Gasteiger partial charge >= 0.3 is 17.9 Å². The van der Waals surface area contributed by atoms with Crippen molar-refractivity contribution in [3.63, 3.8) is 0 Å². The van der Waals surface area contributed by atoms with Gasteiger partial charge in [0, 0.05) is 19.3 Å². The Morgan fingerprint density at radius 2 is 0.470 bits per heavy atom. The summed E-state index contributed by atoms with van der Waals surface area (Å²) in [6, 6.07) is 0. The van der Waals surface area contributed by atoms with Crippen LogP contribution in [0.25, 0.3) is 0 Å². The minimum Gasteiger partial charge on any atom is -0.462 e. The van der Waals surface area contributed by atoms with Gasteiger partial charge in [-0.1, -0.05) is 296 Å². The second-order valence-corrected chi connectivity index (χ2v) is 23.1. The van der Waals surface area contributed by atoms with E-state index in [-0.39, 0.29) is 31.1 Å². The molecule has 474 valence electrons. The largest absolute Gasteiger partial charge is 0.462 e. The molecule has 0 aromatic heterocycles. The quantitative estimate of drug-likeness (QED) is 0.0261. The maximum atomic E-state index is 12.9. The summed E-state index contributed by atoms with van der Waals surface area (Å²) >= 11 is 0. The van der Waals surface area contributed by atoms with Crippen molar-refractivity contribution >= 4 is 17.9 Å². The van der Waals surface area contributed by atoms with E-state index in [2.05, 4.69) is 142 Å². The van der Waals surface area contributed by atoms with Crippen LogP contribution in [0.5, 0.6) is 0 Å². The summed E-state index contributed by atoms with van der Waals surface area (Å²) in [7, 11) is 0. The minimum atomic E-state index is -0.793. The van der Waals surface area contributed by atoms with E-state index in [1.54, 1.807) is 0 Å². The molecule has 0 spiro atoms. The molecule has 0 aliphatic heterocycles. The summed E-state index contributed by atoms with van der Waals surface area (Å²) in [4.78, 5) is 38.4. The Morgan fingerprint density at radius 1 is 0.253 bits per heavy atom. The van der Waals surface area contributed by atoms with E-state index in [0.717, 1.165) is 135 Å². The third kappa shape index (κ3) is 68.5. The molecule has 6 nitrogen and oxygen atoms in total. The van der Waals surface area contributed by atoms with Crippen molar-refractivity contribution in [3.05, 3.63) is 122 Å². The van der Waals surface area contributed by atoms with E-state index < -0.39 is 6.10 Å². The SMILES string of the molecule is CC/C=C\C/C=C\C/C=C\C/C=C\C/C=C\C/C=C\C/C=C\CCCCCCCCCCCCCC(=O)OCC(COC(=O)CCCCCCC/C=C\CCCCCCCCC)OC(=O)CCCCCCC/C=C\C/C=C\CCCCCC. The molecule has 0 aliphatic rings. The van der Waals surface area contributed by atoms with Crippen LogP contribution < -0.4 is 0 Å². The van der Waals surface area contributed by atoms with Crippen molar-refractivity contribution in [2.75, 3.05) is 13.2 Å². The number of unbranched alkanes of at least 4 members (excludes halogenated alkanes) is 32. The van der Waals surface area contributed by atoms with Gasteiger partial charge in [0.15, 0.2) is 6.10 Å². The second kappa shape index (κ2) is 70.3. The zero-order valence-electron chi connectivity index (χ0n) is 54.4. The summed E-state index contributed by atoms with van der Waals surface area (Å²) in [5, 5.41) is 0. The predicted molar refractivity (Wildman–Crippen MR) is 362 cm³/mol. The first-order chi connectivity index (χ1) is 41.0. The normalized spacial score (nSPS) is 12.9. The number of rotatable bonds is 63. The molecule has 0 aromatic carbocycles. The first-order valence-electron chi connectivity index (χ1n) is 35.0. The van der Waals surface area contributed by atoms with Crippen LogP contribution in [0.15, 0.2) is 122 Å². The van der Waals surface area contributed by atoms with Crippen molar-refractivity contribution in [3.8, 4) is 0 Å². The van der Waals surface area contributed by atoms with E-state index in [1.807, 2.05) is 0 Å². The predicted octanol–water partition coefficient (Wildman–Crippen LogP) is 24.3. The summed E-state index contributed by atoms with van der Waals surface area (Å²) in [6.07, 6.45) is 97.9. The molecular formula is C77H130O6. The van der Waals surface area contributed by atoms with E-state index in [9.17, 15) is 14.4 Å². The lowest BCUT2D eigenvalue weighted by atomic mass is 10.0. The fraction of sp³-hybridized carbons (Fsp3) is 0.701. The van der Waals surface area contributed by atoms with Gasteiger partial charge in [0.2, 0.25) is 0 Å². The lowest BCUT2D eigenvalue weighted by molar-refractivity contribution is -0.167. The average Bonchev–Trinajstić information content (AvgIpc) is 3.49. The fourth-order valence-electron chi connectivity index (χ4n) is 9.68. The molecule has 0 heterocycles. The summed E-state index contributed by atoms with van der Waals surface area (Å²) < 4.78 is 16.9. The summed E-state index contributed by atoms with van der Waals surface area (Å²) in [5.41, 5.74) is 0. The van der Waals surface area contributed by atoms with Gasteiger partial charge in [-0.3, -0.25) is 14.4 Å². The van der Waals surface area contributed by atoms with Gasteiger partial charge in [-0.2, -0.15) is 0 Å². The number of carbonyl (C=O) groups excluding carboxylic acids is 3. The molecule has 1 atom stereocenters. The van der Waals surface area contributed by atoms with Gasteiger partial charge in [0.25, 0.3) is 0 Å². The van der Waals surface area contributed by atoms with Crippen LogP contribution in [0.2, 0.25) is 0 Å². The lowest BCUT2D eigenvalue weighted by Crippen LogP contribution is -2.30. The van der Waals surface area contributed by atoms with Crippen molar-refractivity contribution < 1.29 is 28.6 Å². The minimum absolute atomic E-state index is 0.0879. The second-order valence-electron chi connectivity index (χ2n) is 23.1. The molecule has 1 unspecified atom stereocenters. The topological polar surface area (TPSA) is 78.9 Å². The Morgan fingerprint density at radius 3 is 0.759 bits per heavy atom. The summed E-state index contributed by atoms with van der Waals surface area (Å²) in [6.45, 7) is 6.51. The van der Waals surface area contributed by atoms with E-state index in [4.69, 9.17) is 14.2 Å².